The fourth-order valence-corrected chi connectivity index (χ4v) is 3.49. The molecule has 1 atom stereocenters. The molecule has 1 aromatic heterocycles. The summed E-state index contributed by atoms with van der Waals surface area (Å²) < 4.78 is 55.3. The van der Waals surface area contributed by atoms with Gasteiger partial charge in [0.25, 0.3) is 12.3 Å². The zero-order chi connectivity index (χ0) is 21.3. The van der Waals surface area contributed by atoms with Gasteiger partial charge < -0.3 is 0 Å². The predicted molar refractivity (Wildman–Crippen MR) is 95.9 cm³/mol. The number of rotatable bonds is 6. The number of halogens is 7. The van der Waals surface area contributed by atoms with Gasteiger partial charge in [-0.3, -0.25) is 14.3 Å². The van der Waals surface area contributed by atoms with Gasteiger partial charge in [-0.05, 0) is 18.9 Å². The van der Waals surface area contributed by atoms with E-state index in [2.05, 4.69) is 5.10 Å². The first-order chi connectivity index (χ1) is 13.0. The van der Waals surface area contributed by atoms with Crippen molar-refractivity contribution < 1.29 is 27.2 Å². The van der Waals surface area contributed by atoms with Gasteiger partial charge in [0.2, 0.25) is 0 Å². The highest BCUT2D eigenvalue weighted by Gasteiger charge is 2.31. The quantitative estimate of drug-likeness (QED) is 0.256. The smallest absolute Gasteiger partial charge is 0.275 e. The minimum Gasteiger partial charge on any atom is -0.275 e. The molecule has 1 unspecified atom stereocenters. The molecule has 0 aliphatic rings. The number of carbonyl (C=O) groups is 1. The second kappa shape index (κ2) is 8.86. The summed E-state index contributed by atoms with van der Waals surface area (Å²) in [6.07, 6.45) is -2.12. The summed E-state index contributed by atoms with van der Waals surface area (Å²) in [5.41, 5.74) is -1.25. The molecular formula is C16H14Cl3F4N3O2. The van der Waals surface area contributed by atoms with E-state index in [1.165, 1.54) is 14.0 Å². The molecule has 0 saturated carbocycles. The molecule has 5 nitrogen and oxygen atoms in total. The topological polar surface area (TPSA) is 47.4 Å². The first-order valence-corrected chi connectivity index (χ1v) is 8.84. The van der Waals surface area contributed by atoms with Crippen LogP contribution >= 0.6 is 34.8 Å². The van der Waals surface area contributed by atoms with Crippen LogP contribution in [0.5, 0.6) is 0 Å². The second-order valence-corrected chi connectivity index (χ2v) is 6.95. The molecule has 2 aromatic rings. The van der Waals surface area contributed by atoms with E-state index >= 15 is 0 Å². The van der Waals surface area contributed by atoms with Crippen molar-refractivity contribution >= 4 is 40.7 Å². The Morgan fingerprint density at radius 1 is 1.21 bits per heavy atom. The van der Waals surface area contributed by atoms with Gasteiger partial charge in [0.15, 0.2) is 11.6 Å². The number of aryl methyl sites for hydroxylation is 1. The second-order valence-electron chi connectivity index (χ2n) is 5.82. The molecule has 0 fully saturated rings. The number of aromatic nitrogens is 2. The Morgan fingerprint density at radius 3 is 2.21 bits per heavy atom. The molecule has 1 amide bonds. The summed E-state index contributed by atoms with van der Waals surface area (Å²) in [7, 11) is 2.51. The Hall–Kier alpha value is -1.55. The molecule has 1 heterocycles. The third-order valence-corrected chi connectivity index (χ3v) is 5.01. The van der Waals surface area contributed by atoms with Gasteiger partial charge in [-0.2, -0.15) is 5.10 Å². The Morgan fingerprint density at radius 2 is 1.75 bits per heavy atom. The molecule has 0 N–H and O–H groups in total. The van der Waals surface area contributed by atoms with E-state index in [0.29, 0.717) is 0 Å². The number of nitrogens with zero attached hydrogens (tertiary/aromatic N) is 3. The summed E-state index contributed by atoms with van der Waals surface area (Å²) in [4.78, 5) is 17.7. The standard InChI is InChI=1S/C16H14Cl3F4N3O2/c1-6(4-7-9(17)12(20)11(19)13(21)10(7)18)26(28-3)16(27)8-5-25(2)24-14(8)15(22)23/h5-6,15H,4H2,1-3H3. The Balaban J connectivity index is 2.38. The van der Waals surface area contributed by atoms with Crippen LogP contribution in [-0.4, -0.2) is 33.9 Å². The Bertz CT molecular complexity index is 879. The number of alkyl halides is 2. The van der Waals surface area contributed by atoms with Gasteiger partial charge >= 0.3 is 0 Å². The van der Waals surface area contributed by atoms with Crippen molar-refractivity contribution in [2.75, 3.05) is 7.11 Å². The SMILES string of the molecule is CON(C(=O)c1cn(C)nc1C(F)F)C(C)Cc1c(Cl)c(F)c(Cl)c(F)c1Cl. The Labute approximate surface area is 172 Å². The third kappa shape index (κ3) is 4.22. The van der Waals surface area contributed by atoms with Gasteiger partial charge in [0.1, 0.15) is 10.7 Å². The van der Waals surface area contributed by atoms with Crippen molar-refractivity contribution in [2.45, 2.75) is 25.8 Å². The lowest BCUT2D eigenvalue weighted by Gasteiger charge is -2.27. The zero-order valence-corrected chi connectivity index (χ0v) is 17.0. The summed E-state index contributed by atoms with van der Waals surface area (Å²) in [5, 5.41) is 2.44. The van der Waals surface area contributed by atoms with E-state index in [1.807, 2.05) is 0 Å². The monoisotopic (exact) mass is 461 g/mol. The van der Waals surface area contributed by atoms with E-state index < -0.39 is 50.8 Å². The Kier molecular flexibility index (Phi) is 7.19. The van der Waals surface area contributed by atoms with Crippen molar-refractivity contribution in [3.8, 4) is 0 Å². The highest BCUT2D eigenvalue weighted by atomic mass is 35.5. The van der Waals surface area contributed by atoms with Crippen LogP contribution in [0, 0.1) is 11.6 Å². The number of hydroxylamine groups is 2. The minimum atomic E-state index is -2.99. The summed E-state index contributed by atoms with van der Waals surface area (Å²) in [5.74, 6) is -3.31. The predicted octanol–water partition coefficient (Wildman–Crippen LogP) is 5.23. The normalized spacial score (nSPS) is 12.5. The van der Waals surface area contributed by atoms with Crippen molar-refractivity contribution in [1.82, 2.24) is 14.8 Å². The molecule has 2 rings (SSSR count). The minimum absolute atomic E-state index is 0.148. The molecule has 0 radical (unpaired) electrons. The lowest BCUT2D eigenvalue weighted by atomic mass is 10.1. The average molecular weight is 463 g/mol. The number of amides is 1. The lowest BCUT2D eigenvalue weighted by molar-refractivity contribution is -0.119. The maximum absolute atomic E-state index is 14.0. The van der Waals surface area contributed by atoms with Crippen LogP contribution in [0.4, 0.5) is 17.6 Å². The first-order valence-electron chi connectivity index (χ1n) is 7.70. The highest BCUT2D eigenvalue weighted by Crippen LogP contribution is 2.37. The zero-order valence-electron chi connectivity index (χ0n) is 14.7. The number of carbonyl (C=O) groups excluding carboxylic acids is 1. The van der Waals surface area contributed by atoms with Gasteiger partial charge in [0.05, 0.1) is 28.8 Å². The van der Waals surface area contributed by atoms with E-state index in [1.54, 1.807) is 0 Å². The van der Waals surface area contributed by atoms with Crippen LogP contribution in [0.3, 0.4) is 0 Å². The summed E-state index contributed by atoms with van der Waals surface area (Å²) >= 11 is 17.2. The molecule has 154 valence electrons. The molecule has 28 heavy (non-hydrogen) atoms. The molecule has 12 heteroatoms. The van der Waals surface area contributed by atoms with Crippen LogP contribution in [0.15, 0.2) is 6.20 Å². The molecule has 1 aromatic carbocycles. The maximum atomic E-state index is 14.0. The fourth-order valence-electron chi connectivity index (χ4n) is 2.62. The summed E-state index contributed by atoms with van der Waals surface area (Å²) in [6, 6.07) is -0.891. The highest BCUT2D eigenvalue weighted by molar-refractivity contribution is 6.39. The molecule has 0 spiro atoms. The lowest BCUT2D eigenvalue weighted by Crippen LogP contribution is -2.39. The van der Waals surface area contributed by atoms with Gasteiger partial charge in [-0.25, -0.2) is 22.6 Å². The van der Waals surface area contributed by atoms with E-state index in [0.717, 1.165) is 23.1 Å². The van der Waals surface area contributed by atoms with Gasteiger partial charge in [-0.15, -0.1) is 0 Å². The van der Waals surface area contributed by atoms with Gasteiger partial charge in [0, 0.05) is 13.2 Å². The average Bonchev–Trinajstić information content (AvgIpc) is 3.04. The molecule has 0 aliphatic carbocycles. The van der Waals surface area contributed by atoms with Crippen molar-refractivity contribution in [1.29, 1.82) is 0 Å². The van der Waals surface area contributed by atoms with E-state index in [4.69, 9.17) is 39.6 Å². The van der Waals surface area contributed by atoms with E-state index in [-0.39, 0.29) is 17.5 Å². The number of hydrogen-bond acceptors (Lipinski definition) is 3. The van der Waals surface area contributed by atoms with Crippen molar-refractivity contribution in [3.63, 3.8) is 0 Å². The molecular weight excluding hydrogens is 449 g/mol. The summed E-state index contributed by atoms with van der Waals surface area (Å²) in [6.45, 7) is 1.46. The maximum Gasteiger partial charge on any atom is 0.282 e. The van der Waals surface area contributed by atoms with Gasteiger partial charge in [-0.1, -0.05) is 34.8 Å². The number of hydrogen-bond donors (Lipinski definition) is 0. The van der Waals surface area contributed by atoms with Crippen LogP contribution < -0.4 is 0 Å². The molecule has 0 aliphatic heterocycles. The van der Waals surface area contributed by atoms with Crippen LogP contribution in [0.1, 0.15) is 35.0 Å². The third-order valence-electron chi connectivity index (χ3n) is 3.89. The van der Waals surface area contributed by atoms with Crippen LogP contribution in [0.25, 0.3) is 0 Å². The van der Waals surface area contributed by atoms with Crippen molar-refractivity contribution in [2.24, 2.45) is 7.05 Å². The fraction of sp³-hybridized carbons (Fsp3) is 0.375. The van der Waals surface area contributed by atoms with E-state index in [9.17, 15) is 22.4 Å². The van der Waals surface area contributed by atoms with Crippen LogP contribution in [0.2, 0.25) is 15.1 Å². The van der Waals surface area contributed by atoms with Crippen molar-refractivity contribution in [3.05, 3.63) is 49.7 Å². The molecule has 0 saturated heterocycles. The number of benzene rings is 1. The van der Waals surface area contributed by atoms with Crippen LogP contribution in [-0.2, 0) is 18.3 Å². The molecule has 0 bridgehead atoms. The largest absolute Gasteiger partial charge is 0.282 e. The first kappa shape index (κ1) is 22.7.